The van der Waals surface area contributed by atoms with Crippen molar-refractivity contribution >= 4 is 5.91 Å². The molecule has 1 saturated heterocycles. The topological polar surface area (TPSA) is 84.0 Å². The molecule has 1 N–H and O–H groups in total. The monoisotopic (exact) mass is 319 g/mol. The van der Waals surface area contributed by atoms with Crippen LogP contribution in [-0.4, -0.2) is 50.7 Å². The SMILES string of the molecule is CC(C)c1n[nH]c(C2CN(C(=O)c3ccncc3F)CCO2)n1. The van der Waals surface area contributed by atoms with E-state index in [1.165, 1.54) is 12.3 Å². The number of hydrogen-bond acceptors (Lipinski definition) is 5. The highest BCUT2D eigenvalue weighted by Crippen LogP contribution is 2.22. The van der Waals surface area contributed by atoms with Crippen molar-refractivity contribution in [3.05, 3.63) is 41.5 Å². The first kappa shape index (κ1) is 15.5. The zero-order chi connectivity index (χ0) is 16.4. The lowest BCUT2D eigenvalue weighted by Crippen LogP contribution is -2.42. The van der Waals surface area contributed by atoms with E-state index in [0.717, 1.165) is 6.20 Å². The van der Waals surface area contributed by atoms with E-state index >= 15 is 0 Å². The van der Waals surface area contributed by atoms with Gasteiger partial charge < -0.3 is 9.64 Å². The van der Waals surface area contributed by atoms with E-state index in [0.29, 0.717) is 31.3 Å². The van der Waals surface area contributed by atoms with Gasteiger partial charge in [-0.15, -0.1) is 0 Å². The number of aromatic nitrogens is 4. The van der Waals surface area contributed by atoms with Crippen molar-refractivity contribution in [1.82, 2.24) is 25.1 Å². The molecule has 1 atom stereocenters. The van der Waals surface area contributed by atoms with Gasteiger partial charge in [0.1, 0.15) is 6.10 Å². The van der Waals surface area contributed by atoms with E-state index in [-0.39, 0.29) is 17.4 Å². The first-order chi connectivity index (χ1) is 11.1. The minimum atomic E-state index is -0.623. The van der Waals surface area contributed by atoms with Gasteiger partial charge in [0.25, 0.3) is 5.91 Å². The number of nitrogens with zero attached hydrogens (tertiary/aromatic N) is 4. The van der Waals surface area contributed by atoms with Crippen LogP contribution < -0.4 is 0 Å². The highest BCUT2D eigenvalue weighted by molar-refractivity contribution is 5.94. The molecule has 0 aromatic carbocycles. The fraction of sp³-hybridized carbons (Fsp3) is 0.467. The van der Waals surface area contributed by atoms with Crippen LogP contribution in [0.5, 0.6) is 0 Å². The summed E-state index contributed by atoms with van der Waals surface area (Å²) in [6.07, 6.45) is 2.05. The molecule has 8 heteroatoms. The summed E-state index contributed by atoms with van der Waals surface area (Å²) in [5.41, 5.74) is 0.0149. The quantitative estimate of drug-likeness (QED) is 0.930. The third-order valence-electron chi connectivity index (χ3n) is 3.70. The van der Waals surface area contributed by atoms with Gasteiger partial charge in [-0.2, -0.15) is 5.10 Å². The third-order valence-corrected chi connectivity index (χ3v) is 3.70. The molecule has 1 amide bonds. The lowest BCUT2D eigenvalue weighted by Gasteiger charge is -2.31. The predicted octanol–water partition coefficient (Wildman–Crippen LogP) is 1.68. The molecule has 7 nitrogen and oxygen atoms in total. The second kappa shape index (κ2) is 6.41. The summed E-state index contributed by atoms with van der Waals surface area (Å²) in [5, 5.41) is 7.00. The van der Waals surface area contributed by atoms with Crippen molar-refractivity contribution < 1.29 is 13.9 Å². The van der Waals surface area contributed by atoms with Crippen LogP contribution in [0, 0.1) is 5.82 Å². The smallest absolute Gasteiger partial charge is 0.257 e. The Balaban J connectivity index is 1.75. The summed E-state index contributed by atoms with van der Waals surface area (Å²) in [6, 6.07) is 1.38. The molecule has 122 valence electrons. The van der Waals surface area contributed by atoms with Gasteiger partial charge in [0.2, 0.25) is 0 Å². The van der Waals surface area contributed by atoms with Gasteiger partial charge in [0.15, 0.2) is 17.5 Å². The van der Waals surface area contributed by atoms with Crippen LogP contribution in [0.2, 0.25) is 0 Å². The Morgan fingerprint density at radius 1 is 1.52 bits per heavy atom. The van der Waals surface area contributed by atoms with Crippen molar-refractivity contribution in [3.8, 4) is 0 Å². The molecule has 2 aromatic heterocycles. The number of hydrogen-bond donors (Lipinski definition) is 1. The zero-order valence-electron chi connectivity index (χ0n) is 13.0. The molecule has 0 bridgehead atoms. The number of carbonyl (C=O) groups is 1. The van der Waals surface area contributed by atoms with Crippen LogP contribution in [0.3, 0.4) is 0 Å². The molecule has 1 aliphatic rings. The molecule has 2 aromatic rings. The highest BCUT2D eigenvalue weighted by atomic mass is 19.1. The van der Waals surface area contributed by atoms with Gasteiger partial charge in [-0.3, -0.25) is 14.9 Å². The van der Waals surface area contributed by atoms with Crippen molar-refractivity contribution in [3.63, 3.8) is 0 Å². The number of H-pyrrole nitrogens is 1. The molecule has 0 saturated carbocycles. The summed E-state index contributed by atoms with van der Waals surface area (Å²) < 4.78 is 19.4. The van der Waals surface area contributed by atoms with E-state index in [4.69, 9.17) is 4.74 Å². The first-order valence-corrected chi connectivity index (χ1v) is 7.49. The standard InChI is InChI=1S/C15H18FN5O2/c1-9(2)13-18-14(20-19-13)12-8-21(5-6-23-12)15(22)10-3-4-17-7-11(10)16/h3-4,7,9,12H,5-6,8H2,1-2H3,(H,18,19,20). The molecule has 0 aliphatic carbocycles. The Kier molecular flexibility index (Phi) is 4.33. The van der Waals surface area contributed by atoms with Gasteiger partial charge in [0.05, 0.1) is 24.9 Å². The fourth-order valence-electron chi connectivity index (χ4n) is 2.41. The van der Waals surface area contributed by atoms with Crippen LogP contribution in [0.15, 0.2) is 18.5 Å². The van der Waals surface area contributed by atoms with Crippen molar-refractivity contribution in [2.24, 2.45) is 0 Å². The summed E-state index contributed by atoms with van der Waals surface area (Å²) in [5.74, 6) is 0.491. The number of ether oxygens (including phenoxy) is 1. The Labute approximate surface area is 132 Å². The van der Waals surface area contributed by atoms with Crippen LogP contribution in [0.1, 0.15) is 47.9 Å². The van der Waals surface area contributed by atoms with E-state index in [9.17, 15) is 9.18 Å². The molecule has 3 heterocycles. The lowest BCUT2D eigenvalue weighted by atomic mass is 10.2. The summed E-state index contributed by atoms with van der Waals surface area (Å²) in [7, 11) is 0. The molecule has 1 unspecified atom stereocenters. The van der Waals surface area contributed by atoms with Crippen molar-refractivity contribution in [2.45, 2.75) is 25.9 Å². The number of amides is 1. The molecule has 0 spiro atoms. The Morgan fingerprint density at radius 2 is 2.35 bits per heavy atom. The van der Waals surface area contributed by atoms with Crippen LogP contribution in [0.25, 0.3) is 0 Å². The molecule has 1 fully saturated rings. The van der Waals surface area contributed by atoms with Crippen LogP contribution in [-0.2, 0) is 4.74 Å². The maximum absolute atomic E-state index is 13.7. The Bertz CT molecular complexity index is 703. The number of halogens is 1. The average molecular weight is 319 g/mol. The summed E-state index contributed by atoms with van der Waals surface area (Å²) in [6.45, 7) is 5.06. The summed E-state index contributed by atoms with van der Waals surface area (Å²) >= 11 is 0. The number of rotatable bonds is 3. The number of aromatic amines is 1. The Hall–Kier alpha value is -2.35. The zero-order valence-corrected chi connectivity index (χ0v) is 13.0. The van der Waals surface area contributed by atoms with Gasteiger partial charge in [-0.1, -0.05) is 13.8 Å². The summed E-state index contributed by atoms with van der Waals surface area (Å²) in [4.78, 5) is 22.1. The lowest BCUT2D eigenvalue weighted by molar-refractivity contribution is -0.0268. The van der Waals surface area contributed by atoms with Crippen molar-refractivity contribution in [1.29, 1.82) is 0 Å². The minimum Gasteiger partial charge on any atom is -0.367 e. The number of morpholine rings is 1. The second-order valence-electron chi connectivity index (χ2n) is 5.70. The minimum absolute atomic E-state index is 0.0149. The van der Waals surface area contributed by atoms with Gasteiger partial charge in [-0.05, 0) is 6.07 Å². The van der Waals surface area contributed by atoms with Gasteiger partial charge >= 0.3 is 0 Å². The first-order valence-electron chi connectivity index (χ1n) is 7.49. The number of carbonyl (C=O) groups excluding carboxylic acids is 1. The normalized spacial score (nSPS) is 18.4. The van der Waals surface area contributed by atoms with E-state index in [1.54, 1.807) is 4.90 Å². The molecule has 3 rings (SSSR count). The Morgan fingerprint density at radius 3 is 3.04 bits per heavy atom. The van der Waals surface area contributed by atoms with Gasteiger partial charge in [-0.25, -0.2) is 9.37 Å². The van der Waals surface area contributed by atoms with Crippen LogP contribution in [0.4, 0.5) is 4.39 Å². The number of pyridine rings is 1. The van der Waals surface area contributed by atoms with E-state index in [2.05, 4.69) is 20.2 Å². The third kappa shape index (κ3) is 3.21. The molecular formula is C15H18FN5O2. The molecule has 0 radical (unpaired) electrons. The predicted molar refractivity (Wildman–Crippen MR) is 79.3 cm³/mol. The average Bonchev–Trinajstić information content (AvgIpc) is 3.05. The van der Waals surface area contributed by atoms with E-state index < -0.39 is 11.9 Å². The van der Waals surface area contributed by atoms with Crippen molar-refractivity contribution in [2.75, 3.05) is 19.7 Å². The van der Waals surface area contributed by atoms with Crippen LogP contribution >= 0.6 is 0 Å². The molecule has 1 aliphatic heterocycles. The highest BCUT2D eigenvalue weighted by Gasteiger charge is 2.29. The maximum atomic E-state index is 13.7. The number of nitrogens with one attached hydrogen (secondary N) is 1. The largest absolute Gasteiger partial charge is 0.367 e. The molecule has 23 heavy (non-hydrogen) atoms. The van der Waals surface area contributed by atoms with Gasteiger partial charge in [0, 0.05) is 18.7 Å². The van der Waals surface area contributed by atoms with E-state index in [1.807, 2.05) is 13.8 Å². The second-order valence-corrected chi connectivity index (χ2v) is 5.70. The maximum Gasteiger partial charge on any atom is 0.257 e. The molecular weight excluding hydrogens is 301 g/mol. The fourth-order valence-corrected chi connectivity index (χ4v) is 2.41.